The zero-order valence-corrected chi connectivity index (χ0v) is 11.5. The van der Waals surface area contributed by atoms with Crippen LogP contribution in [0.1, 0.15) is 42.7 Å². The first kappa shape index (κ1) is 12.5. The molecule has 2 aromatic heterocycles. The highest BCUT2D eigenvalue weighted by Crippen LogP contribution is 2.33. The van der Waals surface area contributed by atoms with Crippen molar-refractivity contribution >= 4 is 11.0 Å². The molecule has 2 atom stereocenters. The third-order valence-electron chi connectivity index (χ3n) is 4.04. The van der Waals surface area contributed by atoms with E-state index in [9.17, 15) is 5.11 Å². The van der Waals surface area contributed by atoms with Crippen LogP contribution in [0.4, 0.5) is 0 Å². The van der Waals surface area contributed by atoms with Crippen LogP contribution in [0.5, 0.6) is 0 Å². The van der Waals surface area contributed by atoms with Crippen LogP contribution in [-0.2, 0) is 6.42 Å². The standard InChI is InChI=1S/C15H16N4O2/c20-12-7-3-4-9(12)15-18-14(19-21-15)8-13-16-10-5-1-2-6-11(10)17-13/h1-2,5-6,9,12,20H,3-4,7-8H2,(H,16,17). The highest BCUT2D eigenvalue weighted by atomic mass is 16.5. The highest BCUT2D eigenvalue weighted by Gasteiger charge is 2.31. The van der Waals surface area contributed by atoms with Gasteiger partial charge in [-0.3, -0.25) is 0 Å². The lowest BCUT2D eigenvalue weighted by molar-refractivity contribution is 0.148. The molecule has 6 heteroatoms. The summed E-state index contributed by atoms with van der Waals surface area (Å²) >= 11 is 0. The number of nitrogens with one attached hydrogen (secondary N) is 1. The normalized spacial score (nSPS) is 22.1. The number of aromatic amines is 1. The summed E-state index contributed by atoms with van der Waals surface area (Å²) in [5, 5.41) is 13.9. The van der Waals surface area contributed by atoms with Crippen LogP contribution < -0.4 is 0 Å². The van der Waals surface area contributed by atoms with E-state index < -0.39 is 0 Å². The van der Waals surface area contributed by atoms with E-state index in [1.165, 1.54) is 0 Å². The van der Waals surface area contributed by atoms with Crippen LogP contribution in [0.3, 0.4) is 0 Å². The maximum atomic E-state index is 9.89. The van der Waals surface area contributed by atoms with Gasteiger partial charge in [-0.1, -0.05) is 17.3 Å². The van der Waals surface area contributed by atoms with E-state index in [0.717, 1.165) is 36.1 Å². The van der Waals surface area contributed by atoms with Crippen LogP contribution in [0.25, 0.3) is 11.0 Å². The second-order valence-electron chi connectivity index (χ2n) is 5.53. The molecule has 0 saturated heterocycles. The van der Waals surface area contributed by atoms with E-state index in [0.29, 0.717) is 18.1 Å². The number of aromatic nitrogens is 4. The molecule has 0 bridgehead atoms. The number of aliphatic hydroxyl groups excluding tert-OH is 1. The zero-order valence-electron chi connectivity index (χ0n) is 11.5. The molecule has 1 aromatic carbocycles. The van der Waals surface area contributed by atoms with Crippen molar-refractivity contribution in [1.29, 1.82) is 0 Å². The molecule has 108 valence electrons. The average Bonchev–Trinajstić information content (AvgIpc) is 3.17. The number of imidazole rings is 1. The first-order valence-corrected chi connectivity index (χ1v) is 7.24. The summed E-state index contributed by atoms with van der Waals surface area (Å²) in [5.41, 5.74) is 1.94. The summed E-state index contributed by atoms with van der Waals surface area (Å²) in [7, 11) is 0. The summed E-state index contributed by atoms with van der Waals surface area (Å²) in [6, 6.07) is 7.88. The van der Waals surface area contributed by atoms with Crippen LogP contribution in [-0.4, -0.2) is 31.3 Å². The molecule has 6 nitrogen and oxygen atoms in total. The molecule has 0 amide bonds. The van der Waals surface area contributed by atoms with Gasteiger partial charge >= 0.3 is 0 Å². The lowest BCUT2D eigenvalue weighted by Gasteiger charge is -2.07. The minimum atomic E-state index is -0.357. The lowest BCUT2D eigenvalue weighted by Crippen LogP contribution is -2.11. The van der Waals surface area contributed by atoms with Crippen molar-refractivity contribution in [3.63, 3.8) is 0 Å². The van der Waals surface area contributed by atoms with Crippen molar-refractivity contribution in [3.05, 3.63) is 41.8 Å². The molecular weight excluding hydrogens is 268 g/mol. The molecule has 0 radical (unpaired) electrons. The summed E-state index contributed by atoms with van der Waals surface area (Å²) < 4.78 is 5.30. The van der Waals surface area contributed by atoms with Gasteiger partial charge in [0.25, 0.3) is 0 Å². The predicted octanol–water partition coefficient (Wildman–Crippen LogP) is 2.17. The number of para-hydroxylation sites is 2. The van der Waals surface area contributed by atoms with E-state index in [1.807, 2.05) is 24.3 Å². The van der Waals surface area contributed by atoms with Crippen molar-refractivity contribution < 1.29 is 9.63 Å². The molecule has 21 heavy (non-hydrogen) atoms. The molecule has 0 spiro atoms. The summed E-state index contributed by atoms with van der Waals surface area (Å²) in [6.07, 6.45) is 2.87. The SMILES string of the molecule is OC1CCCC1c1nc(Cc2nc3ccccc3[nH]2)no1. The number of aliphatic hydroxyl groups is 1. The first-order valence-electron chi connectivity index (χ1n) is 7.24. The number of hydrogen-bond acceptors (Lipinski definition) is 5. The number of nitrogens with zero attached hydrogens (tertiary/aromatic N) is 3. The Kier molecular flexibility index (Phi) is 2.96. The molecule has 1 aliphatic carbocycles. The third-order valence-corrected chi connectivity index (χ3v) is 4.04. The van der Waals surface area contributed by atoms with Gasteiger partial charge in [0.05, 0.1) is 29.5 Å². The first-order chi connectivity index (χ1) is 10.3. The van der Waals surface area contributed by atoms with Gasteiger partial charge < -0.3 is 14.6 Å². The zero-order chi connectivity index (χ0) is 14.2. The van der Waals surface area contributed by atoms with Crippen LogP contribution >= 0.6 is 0 Å². The fourth-order valence-electron chi connectivity index (χ4n) is 2.96. The fourth-order valence-corrected chi connectivity index (χ4v) is 2.96. The maximum Gasteiger partial charge on any atom is 0.232 e. The van der Waals surface area contributed by atoms with Gasteiger partial charge in [0.15, 0.2) is 5.82 Å². The number of hydrogen-bond donors (Lipinski definition) is 2. The molecule has 0 aliphatic heterocycles. The molecule has 2 N–H and O–H groups in total. The van der Waals surface area contributed by atoms with Gasteiger partial charge in [-0.25, -0.2) is 4.98 Å². The topological polar surface area (TPSA) is 87.8 Å². The monoisotopic (exact) mass is 284 g/mol. The van der Waals surface area contributed by atoms with Crippen molar-refractivity contribution in [3.8, 4) is 0 Å². The molecule has 2 heterocycles. The van der Waals surface area contributed by atoms with E-state index >= 15 is 0 Å². The number of rotatable bonds is 3. The van der Waals surface area contributed by atoms with Crippen molar-refractivity contribution in [2.45, 2.75) is 37.7 Å². The molecule has 3 aromatic rings. The predicted molar refractivity (Wildman–Crippen MR) is 75.8 cm³/mol. The lowest BCUT2D eigenvalue weighted by atomic mass is 10.1. The number of H-pyrrole nitrogens is 1. The molecule has 1 saturated carbocycles. The van der Waals surface area contributed by atoms with E-state index in [4.69, 9.17) is 4.52 Å². The quantitative estimate of drug-likeness (QED) is 0.769. The Hall–Kier alpha value is -2.21. The van der Waals surface area contributed by atoms with Crippen LogP contribution in [0, 0.1) is 0 Å². The van der Waals surface area contributed by atoms with E-state index in [-0.39, 0.29) is 12.0 Å². The van der Waals surface area contributed by atoms with Crippen molar-refractivity contribution in [2.24, 2.45) is 0 Å². The van der Waals surface area contributed by atoms with E-state index in [2.05, 4.69) is 20.1 Å². The molecule has 1 fully saturated rings. The molecule has 2 unspecified atom stereocenters. The number of fused-ring (bicyclic) bond motifs is 1. The Bertz CT molecular complexity index is 731. The second-order valence-corrected chi connectivity index (χ2v) is 5.53. The third kappa shape index (κ3) is 2.31. The largest absolute Gasteiger partial charge is 0.392 e. The number of benzene rings is 1. The van der Waals surface area contributed by atoms with Gasteiger partial charge in [-0.05, 0) is 31.4 Å². The molecule has 4 rings (SSSR count). The smallest absolute Gasteiger partial charge is 0.232 e. The van der Waals surface area contributed by atoms with Crippen molar-refractivity contribution in [1.82, 2.24) is 20.1 Å². The van der Waals surface area contributed by atoms with Gasteiger partial charge in [-0.2, -0.15) is 4.98 Å². The molecule has 1 aliphatic rings. The summed E-state index contributed by atoms with van der Waals surface area (Å²) in [4.78, 5) is 12.2. The minimum absolute atomic E-state index is 0.0121. The van der Waals surface area contributed by atoms with Gasteiger partial charge in [0.2, 0.25) is 5.89 Å². The van der Waals surface area contributed by atoms with Gasteiger partial charge in [0.1, 0.15) is 5.82 Å². The van der Waals surface area contributed by atoms with Crippen molar-refractivity contribution in [2.75, 3.05) is 0 Å². The Morgan fingerprint density at radius 2 is 2.14 bits per heavy atom. The Morgan fingerprint density at radius 1 is 1.24 bits per heavy atom. The van der Waals surface area contributed by atoms with Gasteiger partial charge in [0, 0.05) is 0 Å². The molecular formula is C15H16N4O2. The highest BCUT2D eigenvalue weighted by molar-refractivity contribution is 5.74. The second kappa shape index (κ2) is 4.96. The average molecular weight is 284 g/mol. The Morgan fingerprint density at radius 3 is 2.95 bits per heavy atom. The Balaban J connectivity index is 1.55. The fraction of sp³-hybridized carbons (Fsp3) is 0.400. The van der Waals surface area contributed by atoms with Crippen LogP contribution in [0.2, 0.25) is 0 Å². The van der Waals surface area contributed by atoms with E-state index in [1.54, 1.807) is 0 Å². The maximum absolute atomic E-state index is 9.89. The summed E-state index contributed by atoms with van der Waals surface area (Å²) in [6.45, 7) is 0. The Labute approximate surface area is 121 Å². The minimum Gasteiger partial charge on any atom is -0.392 e. The van der Waals surface area contributed by atoms with Crippen LogP contribution in [0.15, 0.2) is 28.8 Å². The summed E-state index contributed by atoms with van der Waals surface area (Å²) in [5.74, 6) is 1.95. The van der Waals surface area contributed by atoms with Gasteiger partial charge in [-0.15, -0.1) is 0 Å².